The summed E-state index contributed by atoms with van der Waals surface area (Å²) >= 11 is 0. The second kappa shape index (κ2) is 5.04. The lowest BCUT2D eigenvalue weighted by Crippen LogP contribution is -2.28. The molecule has 0 spiro atoms. The Hall–Kier alpha value is -1.23. The van der Waals surface area contributed by atoms with Crippen molar-refractivity contribution in [1.29, 1.82) is 0 Å². The van der Waals surface area contributed by atoms with Crippen molar-refractivity contribution in [2.75, 3.05) is 7.11 Å². The summed E-state index contributed by atoms with van der Waals surface area (Å²) in [6, 6.07) is 3.49. The number of aliphatic hydroxyl groups is 1. The van der Waals surface area contributed by atoms with Crippen LogP contribution in [0.1, 0.15) is 43.2 Å². The van der Waals surface area contributed by atoms with E-state index >= 15 is 0 Å². The molecule has 1 aliphatic carbocycles. The molecule has 5 heteroatoms. The molecule has 19 heavy (non-hydrogen) atoms. The largest absolute Gasteiger partial charge is 0.497 e. The van der Waals surface area contributed by atoms with Crippen molar-refractivity contribution in [2.24, 2.45) is 0 Å². The fraction of sp³-hybridized carbons (Fsp3) is 0.571. The lowest BCUT2D eigenvalue weighted by molar-refractivity contribution is -0.137. The van der Waals surface area contributed by atoms with Crippen molar-refractivity contribution in [3.05, 3.63) is 29.3 Å². The van der Waals surface area contributed by atoms with Crippen LogP contribution in [0.25, 0.3) is 0 Å². The van der Waals surface area contributed by atoms with Gasteiger partial charge in [0.1, 0.15) is 5.75 Å². The van der Waals surface area contributed by atoms with Crippen LogP contribution in [0.4, 0.5) is 13.2 Å². The van der Waals surface area contributed by atoms with Gasteiger partial charge in [-0.25, -0.2) is 0 Å². The summed E-state index contributed by atoms with van der Waals surface area (Å²) in [5, 5.41) is 10.5. The lowest BCUT2D eigenvalue weighted by Gasteiger charge is -2.33. The third-order valence-electron chi connectivity index (χ3n) is 3.69. The normalized spacial score (nSPS) is 19.2. The molecule has 1 aliphatic rings. The van der Waals surface area contributed by atoms with Gasteiger partial charge in [-0.2, -0.15) is 13.2 Å². The van der Waals surface area contributed by atoms with E-state index in [0.717, 1.165) is 31.4 Å². The molecular weight excluding hydrogens is 257 g/mol. The fourth-order valence-corrected chi connectivity index (χ4v) is 2.57. The highest BCUT2D eigenvalue weighted by Crippen LogP contribution is 2.41. The van der Waals surface area contributed by atoms with E-state index in [1.54, 1.807) is 0 Å². The van der Waals surface area contributed by atoms with Crippen molar-refractivity contribution < 1.29 is 23.0 Å². The smallest absolute Gasteiger partial charge is 0.416 e. The minimum Gasteiger partial charge on any atom is -0.497 e. The predicted octanol–water partition coefficient (Wildman–Crippen LogP) is 3.87. The number of rotatable bonds is 2. The molecular formula is C14H17F3O2. The highest BCUT2D eigenvalue weighted by molar-refractivity contribution is 5.39. The van der Waals surface area contributed by atoms with Crippen LogP contribution in [0.15, 0.2) is 18.2 Å². The van der Waals surface area contributed by atoms with E-state index in [1.807, 2.05) is 0 Å². The first kappa shape index (κ1) is 14.2. The zero-order chi connectivity index (χ0) is 14.1. The summed E-state index contributed by atoms with van der Waals surface area (Å²) in [6.07, 6.45) is -0.772. The molecule has 0 aromatic heterocycles. The van der Waals surface area contributed by atoms with Crippen molar-refractivity contribution in [3.63, 3.8) is 0 Å². The van der Waals surface area contributed by atoms with Gasteiger partial charge in [0.25, 0.3) is 0 Å². The molecule has 0 atom stereocenters. The molecule has 0 amide bonds. The molecule has 1 aromatic carbocycles. The van der Waals surface area contributed by atoms with Crippen LogP contribution in [0.2, 0.25) is 0 Å². The molecule has 0 heterocycles. The summed E-state index contributed by atoms with van der Waals surface area (Å²) in [6.45, 7) is 0. The Labute approximate surface area is 110 Å². The Morgan fingerprint density at radius 3 is 2.26 bits per heavy atom. The summed E-state index contributed by atoms with van der Waals surface area (Å²) in [5.74, 6) is 0.129. The number of alkyl halides is 3. The fourth-order valence-electron chi connectivity index (χ4n) is 2.57. The molecule has 1 aromatic rings. The topological polar surface area (TPSA) is 29.5 Å². The zero-order valence-electron chi connectivity index (χ0n) is 10.8. The summed E-state index contributed by atoms with van der Waals surface area (Å²) in [5.41, 5.74) is -1.63. The summed E-state index contributed by atoms with van der Waals surface area (Å²) in [7, 11) is 1.32. The van der Waals surface area contributed by atoms with Gasteiger partial charge in [-0.3, -0.25) is 0 Å². The van der Waals surface area contributed by atoms with E-state index < -0.39 is 17.3 Å². The molecule has 2 rings (SSSR count). The molecule has 0 saturated heterocycles. The Kier molecular flexibility index (Phi) is 3.76. The molecule has 0 unspecified atom stereocenters. The maximum absolute atomic E-state index is 12.8. The third kappa shape index (κ3) is 3.03. The van der Waals surface area contributed by atoms with Crippen LogP contribution < -0.4 is 4.74 Å². The lowest BCUT2D eigenvalue weighted by atomic mass is 9.79. The van der Waals surface area contributed by atoms with Gasteiger partial charge >= 0.3 is 6.18 Å². The van der Waals surface area contributed by atoms with E-state index in [2.05, 4.69) is 0 Å². The molecule has 1 N–H and O–H groups in total. The van der Waals surface area contributed by atoms with Crippen molar-refractivity contribution >= 4 is 0 Å². The minimum absolute atomic E-state index is 0.129. The number of hydrogen-bond acceptors (Lipinski definition) is 2. The van der Waals surface area contributed by atoms with Gasteiger partial charge in [0.15, 0.2) is 0 Å². The number of halogens is 3. The van der Waals surface area contributed by atoms with Crippen LogP contribution in [-0.4, -0.2) is 12.2 Å². The molecule has 0 radical (unpaired) electrons. The predicted molar refractivity (Wildman–Crippen MR) is 65.0 cm³/mol. The Morgan fingerprint density at radius 2 is 1.74 bits per heavy atom. The number of methoxy groups -OCH3 is 1. The molecule has 2 nitrogen and oxygen atoms in total. The first-order chi connectivity index (χ1) is 8.85. The van der Waals surface area contributed by atoms with Crippen LogP contribution >= 0.6 is 0 Å². The zero-order valence-corrected chi connectivity index (χ0v) is 10.8. The SMILES string of the molecule is COc1cc(C(F)(F)F)cc(C2(O)CCCCC2)c1. The minimum atomic E-state index is -4.44. The molecule has 0 aliphatic heterocycles. The van der Waals surface area contributed by atoms with Crippen molar-refractivity contribution in [3.8, 4) is 5.75 Å². The molecule has 106 valence electrons. The van der Waals surface area contributed by atoms with E-state index in [9.17, 15) is 18.3 Å². The monoisotopic (exact) mass is 274 g/mol. The second-order valence-corrected chi connectivity index (χ2v) is 5.04. The maximum Gasteiger partial charge on any atom is 0.416 e. The van der Waals surface area contributed by atoms with E-state index in [4.69, 9.17) is 4.74 Å². The first-order valence-corrected chi connectivity index (χ1v) is 6.34. The first-order valence-electron chi connectivity index (χ1n) is 6.34. The van der Waals surface area contributed by atoms with E-state index in [-0.39, 0.29) is 5.75 Å². The molecule has 1 saturated carbocycles. The third-order valence-corrected chi connectivity index (χ3v) is 3.69. The quantitative estimate of drug-likeness (QED) is 0.887. The van der Waals surface area contributed by atoms with Gasteiger partial charge in [-0.1, -0.05) is 19.3 Å². The average Bonchev–Trinajstić information content (AvgIpc) is 2.38. The van der Waals surface area contributed by atoms with Crippen LogP contribution in [0.3, 0.4) is 0 Å². The van der Waals surface area contributed by atoms with Crippen LogP contribution in [0.5, 0.6) is 5.75 Å². The maximum atomic E-state index is 12.8. The summed E-state index contributed by atoms with van der Waals surface area (Å²) < 4.78 is 43.4. The van der Waals surface area contributed by atoms with Crippen LogP contribution in [-0.2, 0) is 11.8 Å². The van der Waals surface area contributed by atoms with Gasteiger partial charge in [-0.05, 0) is 36.6 Å². The van der Waals surface area contributed by atoms with Gasteiger partial charge < -0.3 is 9.84 Å². The van der Waals surface area contributed by atoms with E-state index in [0.29, 0.717) is 18.4 Å². The molecule has 1 fully saturated rings. The van der Waals surface area contributed by atoms with Gasteiger partial charge in [0.2, 0.25) is 0 Å². The highest BCUT2D eigenvalue weighted by Gasteiger charge is 2.36. The Balaban J connectivity index is 2.44. The summed E-state index contributed by atoms with van der Waals surface area (Å²) in [4.78, 5) is 0. The highest BCUT2D eigenvalue weighted by atomic mass is 19.4. The standard InChI is InChI=1S/C14H17F3O2/c1-19-12-8-10(7-11(9-12)14(15,16)17)13(18)5-3-2-4-6-13/h7-9,18H,2-6H2,1H3. The van der Waals surface area contributed by atoms with Gasteiger partial charge in [0, 0.05) is 0 Å². The van der Waals surface area contributed by atoms with Crippen molar-refractivity contribution in [2.45, 2.75) is 43.9 Å². The average molecular weight is 274 g/mol. The van der Waals surface area contributed by atoms with E-state index in [1.165, 1.54) is 13.2 Å². The van der Waals surface area contributed by atoms with Crippen LogP contribution in [0, 0.1) is 0 Å². The Bertz CT molecular complexity index is 448. The second-order valence-electron chi connectivity index (χ2n) is 5.04. The number of ether oxygens (including phenoxy) is 1. The van der Waals surface area contributed by atoms with Crippen molar-refractivity contribution in [1.82, 2.24) is 0 Å². The Morgan fingerprint density at radius 1 is 1.11 bits per heavy atom. The number of benzene rings is 1. The van der Waals surface area contributed by atoms with Gasteiger partial charge in [-0.15, -0.1) is 0 Å². The number of hydrogen-bond donors (Lipinski definition) is 1. The van der Waals surface area contributed by atoms with Gasteiger partial charge in [0.05, 0.1) is 18.3 Å². The molecule has 0 bridgehead atoms.